The van der Waals surface area contributed by atoms with Gasteiger partial charge >= 0.3 is 0 Å². The molecule has 1 aliphatic carbocycles. The first-order valence-corrected chi connectivity index (χ1v) is 6.03. The molecule has 1 aromatic rings. The number of aryl methyl sites for hydroxylation is 1. The van der Waals surface area contributed by atoms with Crippen LogP contribution >= 0.6 is 22.6 Å². The summed E-state index contributed by atoms with van der Waals surface area (Å²) in [4.78, 5) is 0. The zero-order valence-electron chi connectivity index (χ0n) is 7.96. The normalized spacial score (nSPS) is 18.3. The van der Waals surface area contributed by atoms with Crippen LogP contribution < -0.4 is 0 Å². The molecular weight excluding hydrogens is 275 g/mol. The Kier molecular flexibility index (Phi) is 2.91. The fourth-order valence-corrected chi connectivity index (χ4v) is 2.80. The van der Waals surface area contributed by atoms with Gasteiger partial charge in [-0.2, -0.15) is 5.10 Å². The monoisotopic (exact) mass is 290 g/mol. The summed E-state index contributed by atoms with van der Waals surface area (Å²) < 4.78 is 3.28. The zero-order chi connectivity index (χ0) is 9.26. The van der Waals surface area contributed by atoms with Gasteiger partial charge < -0.3 is 0 Å². The van der Waals surface area contributed by atoms with Crippen molar-refractivity contribution in [1.29, 1.82) is 0 Å². The molecule has 1 heterocycles. The van der Waals surface area contributed by atoms with Crippen molar-refractivity contribution >= 4 is 22.6 Å². The minimum absolute atomic E-state index is 0.884. The van der Waals surface area contributed by atoms with E-state index in [0.717, 1.165) is 16.2 Å². The summed E-state index contributed by atoms with van der Waals surface area (Å²) >= 11 is 2.28. The molecule has 1 saturated carbocycles. The van der Waals surface area contributed by atoms with Crippen molar-refractivity contribution in [3.63, 3.8) is 0 Å². The first kappa shape index (κ1) is 9.49. The lowest BCUT2D eigenvalue weighted by Crippen LogP contribution is -2.10. The summed E-state index contributed by atoms with van der Waals surface area (Å²) in [7, 11) is 0. The van der Waals surface area contributed by atoms with Crippen molar-refractivity contribution in [2.24, 2.45) is 5.92 Å². The van der Waals surface area contributed by atoms with Gasteiger partial charge in [0.2, 0.25) is 0 Å². The molecule has 1 fully saturated rings. The Morgan fingerprint density at radius 3 is 2.77 bits per heavy atom. The van der Waals surface area contributed by atoms with Crippen molar-refractivity contribution in [3.05, 3.63) is 15.5 Å². The maximum absolute atomic E-state index is 4.48. The molecule has 0 saturated heterocycles. The summed E-state index contributed by atoms with van der Waals surface area (Å²) in [5, 5.41) is 4.48. The van der Waals surface area contributed by atoms with Crippen molar-refractivity contribution in [3.8, 4) is 0 Å². The lowest BCUT2D eigenvalue weighted by molar-refractivity contribution is 0.422. The predicted molar refractivity (Wildman–Crippen MR) is 61.6 cm³/mol. The second kappa shape index (κ2) is 3.98. The highest BCUT2D eigenvalue weighted by atomic mass is 127. The average Bonchev–Trinajstić information content (AvgIpc) is 2.63. The van der Waals surface area contributed by atoms with Gasteiger partial charge in [-0.05, 0) is 54.3 Å². The first-order chi connectivity index (χ1) is 6.25. The van der Waals surface area contributed by atoms with E-state index in [9.17, 15) is 0 Å². The fourth-order valence-electron chi connectivity index (χ4n) is 2.09. The molecule has 2 nitrogen and oxygen atoms in total. The Morgan fingerprint density at radius 1 is 1.54 bits per heavy atom. The first-order valence-electron chi connectivity index (χ1n) is 4.95. The molecule has 0 spiro atoms. The van der Waals surface area contributed by atoms with Crippen LogP contribution in [-0.4, -0.2) is 9.78 Å². The molecular formula is C10H15IN2. The summed E-state index contributed by atoms with van der Waals surface area (Å²) in [5.41, 5.74) is 1.30. The second-order valence-corrected chi connectivity index (χ2v) is 5.05. The average molecular weight is 290 g/mol. The Labute approximate surface area is 92.8 Å². The van der Waals surface area contributed by atoms with Crippen LogP contribution in [0.4, 0.5) is 0 Å². The van der Waals surface area contributed by atoms with Gasteiger partial charge in [0.15, 0.2) is 0 Å². The highest BCUT2D eigenvalue weighted by Gasteiger charge is 2.16. The predicted octanol–water partition coefficient (Wildman–Crippen LogP) is 2.99. The number of aromatic nitrogens is 2. The number of hydrogen-bond acceptors (Lipinski definition) is 1. The Bertz CT molecular complexity index is 287. The lowest BCUT2D eigenvalue weighted by Gasteiger charge is -2.10. The van der Waals surface area contributed by atoms with Gasteiger partial charge in [-0.3, -0.25) is 4.68 Å². The minimum atomic E-state index is 0.884. The molecule has 0 amide bonds. The second-order valence-electron chi connectivity index (χ2n) is 3.94. The molecule has 0 bridgehead atoms. The van der Waals surface area contributed by atoms with Gasteiger partial charge in [-0.15, -0.1) is 0 Å². The van der Waals surface area contributed by atoms with E-state index in [1.54, 1.807) is 0 Å². The largest absolute Gasteiger partial charge is 0.269 e. The third-order valence-electron chi connectivity index (χ3n) is 2.86. The molecule has 2 rings (SSSR count). The number of rotatable bonds is 2. The quantitative estimate of drug-likeness (QED) is 0.766. The van der Waals surface area contributed by atoms with Crippen LogP contribution in [-0.2, 0) is 6.54 Å². The van der Waals surface area contributed by atoms with E-state index in [4.69, 9.17) is 0 Å². The highest BCUT2D eigenvalue weighted by Crippen LogP contribution is 2.26. The molecule has 0 radical (unpaired) electrons. The van der Waals surface area contributed by atoms with E-state index in [1.165, 1.54) is 31.4 Å². The van der Waals surface area contributed by atoms with Gasteiger partial charge in [-0.25, -0.2) is 0 Å². The van der Waals surface area contributed by atoms with E-state index in [0.29, 0.717) is 0 Å². The van der Waals surface area contributed by atoms with Gasteiger partial charge in [0, 0.05) is 12.2 Å². The van der Waals surface area contributed by atoms with E-state index < -0.39 is 0 Å². The van der Waals surface area contributed by atoms with Gasteiger partial charge in [0.1, 0.15) is 3.70 Å². The molecule has 0 unspecified atom stereocenters. The topological polar surface area (TPSA) is 17.8 Å². The Morgan fingerprint density at radius 2 is 2.23 bits per heavy atom. The Hall–Kier alpha value is -0.0600. The van der Waals surface area contributed by atoms with Gasteiger partial charge in [0.25, 0.3) is 0 Å². The third-order valence-corrected chi connectivity index (χ3v) is 3.38. The molecule has 0 N–H and O–H groups in total. The number of nitrogens with zero attached hydrogens (tertiary/aromatic N) is 2. The van der Waals surface area contributed by atoms with Crippen molar-refractivity contribution < 1.29 is 0 Å². The highest BCUT2D eigenvalue weighted by molar-refractivity contribution is 14.1. The van der Waals surface area contributed by atoms with E-state index in [1.807, 2.05) is 0 Å². The third kappa shape index (κ3) is 2.24. The zero-order valence-corrected chi connectivity index (χ0v) is 10.1. The maximum Gasteiger partial charge on any atom is 0.123 e. The van der Waals surface area contributed by atoms with Crippen LogP contribution in [0, 0.1) is 16.5 Å². The van der Waals surface area contributed by atoms with Crippen LogP contribution in [0.2, 0.25) is 0 Å². The van der Waals surface area contributed by atoms with Crippen LogP contribution in [0.25, 0.3) is 0 Å². The minimum Gasteiger partial charge on any atom is -0.269 e. The molecule has 0 aromatic carbocycles. The summed E-state index contributed by atoms with van der Waals surface area (Å²) in [6, 6.07) is 2.15. The maximum atomic E-state index is 4.48. The molecule has 13 heavy (non-hydrogen) atoms. The summed E-state index contributed by atoms with van der Waals surface area (Å²) in [5.74, 6) is 0.884. The van der Waals surface area contributed by atoms with Crippen molar-refractivity contribution in [2.45, 2.75) is 39.2 Å². The van der Waals surface area contributed by atoms with Crippen LogP contribution in [0.1, 0.15) is 31.4 Å². The van der Waals surface area contributed by atoms with E-state index in [2.05, 4.69) is 45.4 Å². The lowest BCUT2D eigenvalue weighted by atomic mass is 10.1. The van der Waals surface area contributed by atoms with Crippen LogP contribution in [0.15, 0.2) is 6.07 Å². The standard InChI is InChI=1S/C10H15IN2/c1-8-6-10(11)12-13(8)7-9-4-2-3-5-9/h6,9H,2-5,7H2,1H3. The molecule has 0 aliphatic heterocycles. The van der Waals surface area contributed by atoms with Crippen LogP contribution in [0.5, 0.6) is 0 Å². The van der Waals surface area contributed by atoms with E-state index >= 15 is 0 Å². The molecule has 1 aliphatic rings. The molecule has 3 heteroatoms. The Balaban J connectivity index is 2.03. The van der Waals surface area contributed by atoms with Crippen LogP contribution in [0.3, 0.4) is 0 Å². The molecule has 1 aromatic heterocycles. The number of halogens is 1. The summed E-state index contributed by atoms with van der Waals surface area (Å²) in [6.07, 6.45) is 5.63. The van der Waals surface area contributed by atoms with Crippen molar-refractivity contribution in [1.82, 2.24) is 9.78 Å². The van der Waals surface area contributed by atoms with Gasteiger partial charge in [-0.1, -0.05) is 12.8 Å². The van der Waals surface area contributed by atoms with E-state index in [-0.39, 0.29) is 0 Å². The smallest absolute Gasteiger partial charge is 0.123 e. The fraction of sp³-hybridized carbons (Fsp3) is 0.700. The van der Waals surface area contributed by atoms with Crippen molar-refractivity contribution in [2.75, 3.05) is 0 Å². The molecule has 72 valence electrons. The SMILES string of the molecule is Cc1cc(I)nn1CC1CCCC1. The van der Waals surface area contributed by atoms with Gasteiger partial charge in [0.05, 0.1) is 0 Å². The molecule has 0 atom stereocenters. The summed E-state index contributed by atoms with van der Waals surface area (Å²) in [6.45, 7) is 3.28. The number of hydrogen-bond donors (Lipinski definition) is 0.